The Morgan fingerprint density at radius 3 is 2.45 bits per heavy atom. The monoisotopic (exact) mass is 895 g/mol. The van der Waals surface area contributed by atoms with Gasteiger partial charge in [-0.3, -0.25) is 19.2 Å². The number of carbonyl (C=O) groups excluding carboxylic acids is 4. The van der Waals surface area contributed by atoms with Crippen LogP contribution in [-0.2, 0) is 23.9 Å². The maximum absolute atomic E-state index is 15.0. The summed E-state index contributed by atoms with van der Waals surface area (Å²) in [5.41, 5.74) is 4.55. The van der Waals surface area contributed by atoms with Gasteiger partial charge in [-0.1, -0.05) is 45.0 Å². The topological polar surface area (TPSA) is 167 Å². The van der Waals surface area contributed by atoms with Crippen LogP contribution in [0.15, 0.2) is 47.3 Å². The lowest BCUT2D eigenvalue weighted by molar-refractivity contribution is -0.144. The zero-order valence-corrected chi connectivity index (χ0v) is 37.5. The number of hydrogen-bond acceptors (Lipinski definition) is 12. The van der Waals surface area contributed by atoms with E-state index < -0.39 is 65.3 Å². The number of aliphatic hydroxyl groups excluding tert-OH is 1. The second kappa shape index (κ2) is 20.4. The van der Waals surface area contributed by atoms with Crippen molar-refractivity contribution < 1.29 is 42.5 Å². The van der Waals surface area contributed by atoms with Gasteiger partial charge in [0.2, 0.25) is 23.5 Å². The summed E-state index contributed by atoms with van der Waals surface area (Å²) in [5, 5.41) is 19.0. The minimum atomic E-state index is -1.22. The number of aliphatic hydroxyl groups is 1. The first-order valence-corrected chi connectivity index (χ1v) is 22.5. The van der Waals surface area contributed by atoms with Crippen LogP contribution in [-0.4, -0.2) is 120 Å². The third-order valence-electron chi connectivity index (χ3n) is 11.1. The van der Waals surface area contributed by atoms with Crippen molar-refractivity contribution in [3.05, 3.63) is 70.2 Å². The second-order valence-electron chi connectivity index (χ2n) is 16.8. The summed E-state index contributed by atoms with van der Waals surface area (Å²) in [5.74, 6) is -4.45. The van der Waals surface area contributed by atoms with E-state index in [1.165, 1.54) is 27.2 Å². The van der Waals surface area contributed by atoms with Gasteiger partial charge >= 0.3 is 0 Å². The SMILES string of the molecule is Cc1ncsc1-c1ccc([C@H](C)NC(=O)[C@@H]2C[C@@H](O)CN2C(=O)[C@@H](NC(=O)CCCCN(C)C(=O)COc2c(-c3csc(N4CCOCC4)n3)ccc(F)c2F)C(C)(C)C)cc1. The number of nitrogens with zero attached hydrogens (tertiary/aromatic N) is 5. The Morgan fingerprint density at radius 2 is 1.77 bits per heavy atom. The first-order chi connectivity index (χ1) is 29.5. The fourth-order valence-corrected chi connectivity index (χ4v) is 9.11. The van der Waals surface area contributed by atoms with E-state index in [1.54, 1.807) is 29.3 Å². The van der Waals surface area contributed by atoms with Gasteiger partial charge in [-0.05, 0) is 55.4 Å². The maximum atomic E-state index is 15.0. The van der Waals surface area contributed by atoms with Gasteiger partial charge in [0.25, 0.3) is 5.91 Å². The number of thiazole rings is 2. The number of β-amino-alcohol motifs (C(OH)–C–C–N with tert-alkyl or cyclic N) is 1. The molecule has 0 spiro atoms. The number of anilines is 1. The average molecular weight is 896 g/mol. The number of ether oxygens (including phenoxy) is 2. The number of rotatable bonds is 16. The number of benzene rings is 2. The van der Waals surface area contributed by atoms with Crippen LogP contribution in [0.2, 0.25) is 0 Å². The van der Waals surface area contributed by atoms with Crippen molar-refractivity contribution >= 4 is 51.4 Å². The summed E-state index contributed by atoms with van der Waals surface area (Å²) in [6.07, 6.45) is 0.0236. The number of nitrogens with one attached hydrogen (secondary N) is 2. The Kier molecular flexibility index (Phi) is 15.3. The predicted molar refractivity (Wildman–Crippen MR) is 234 cm³/mol. The van der Waals surface area contributed by atoms with E-state index in [0.29, 0.717) is 44.8 Å². The van der Waals surface area contributed by atoms with Gasteiger partial charge in [0.15, 0.2) is 23.3 Å². The lowest BCUT2D eigenvalue weighted by Crippen LogP contribution is -2.57. The molecule has 4 aromatic rings. The zero-order chi connectivity index (χ0) is 44.7. The molecule has 3 N–H and O–H groups in total. The summed E-state index contributed by atoms with van der Waals surface area (Å²) in [6.45, 7) is 11.4. The van der Waals surface area contributed by atoms with Gasteiger partial charge < -0.3 is 39.9 Å². The molecule has 0 saturated carbocycles. The number of unbranched alkanes of at least 4 members (excludes halogenated alkanes) is 1. The van der Waals surface area contributed by atoms with Crippen LogP contribution in [0.1, 0.15) is 70.7 Å². The van der Waals surface area contributed by atoms with E-state index in [-0.39, 0.29) is 43.4 Å². The Hall–Kier alpha value is -5.04. The maximum Gasteiger partial charge on any atom is 0.260 e. The van der Waals surface area contributed by atoms with Gasteiger partial charge in [-0.25, -0.2) is 14.4 Å². The van der Waals surface area contributed by atoms with Crippen molar-refractivity contribution in [2.75, 3.05) is 57.9 Å². The molecule has 0 aliphatic carbocycles. The van der Waals surface area contributed by atoms with Gasteiger partial charge in [0.05, 0.1) is 47.1 Å². The van der Waals surface area contributed by atoms with Crippen molar-refractivity contribution in [3.8, 4) is 27.4 Å². The van der Waals surface area contributed by atoms with E-state index in [9.17, 15) is 28.7 Å². The fourth-order valence-electron chi connectivity index (χ4n) is 7.41. The molecule has 2 aliphatic rings. The van der Waals surface area contributed by atoms with E-state index >= 15 is 4.39 Å². The Bertz CT molecular complexity index is 2210. The van der Waals surface area contributed by atoms with Gasteiger partial charge in [0.1, 0.15) is 12.1 Å². The molecule has 62 heavy (non-hydrogen) atoms. The molecule has 4 amide bonds. The summed E-state index contributed by atoms with van der Waals surface area (Å²) in [4.78, 5) is 68.8. The Labute approximate surface area is 368 Å². The van der Waals surface area contributed by atoms with Crippen LogP contribution in [0.5, 0.6) is 5.75 Å². The van der Waals surface area contributed by atoms with Gasteiger partial charge in [-0.2, -0.15) is 4.39 Å². The first-order valence-electron chi connectivity index (χ1n) is 20.7. The van der Waals surface area contributed by atoms with Crippen LogP contribution in [0.4, 0.5) is 13.9 Å². The van der Waals surface area contributed by atoms with Gasteiger partial charge in [0, 0.05) is 57.0 Å². The quantitative estimate of drug-likeness (QED) is 0.118. The summed E-state index contributed by atoms with van der Waals surface area (Å²) < 4.78 is 40.4. The molecule has 334 valence electrons. The molecule has 2 aromatic carbocycles. The van der Waals surface area contributed by atoms with E-state index in [0.717, 1.165) is 32.9 Å². The van der Waals surface area contributed by atoms with Crippen LogP contribution in [0.25, 0.3) is 21.7 Å². The number of amides is 4. The largest absolute Gasteiger partial charge is 0.480 e. The fraction of sp³-hybridized carbons (Fsp3) is 0.500. The van der Waals surface area contributed by atoms with Crippen molar-refractivity contribution in [2.45, 2.75) is 84.5 Å². The summed E-state index contributed by atoms with van der Waals surface area (Å²) in [6, 6.07) is 7.94. The molecule has 4 heterocycles. The normalized spacial score (nSPS) is 17.7. The highest BCUT2D eigenvalue weighted by Crippen LogP contribution is 2.37. The molecule has 2 aliphatic heterocycles. The predicted octanol–water partition coefficient (Wildman–Crippen LogP) is 5.73. The molecular formula is C44H55F2N7O7S2. The molecule has 0 unspecified atom stereocenters. The number of halogens is 2. The van der Waals surface area contributed by atoms with E-state index in [2.05, 4.69) is 25.5 Å². The smallest absolute Gasteiger partial charge is 0.260 e. The van der Waals surface area contributed by atoms with Crippen molar-refractivity contribution in [1.29, 1.82) is 0 Å². The van der Waals surface area contributed by atoms with Crippen LogP contribution in [0.3, 0.4) is 0 Å². The van der Waals surface area contributed by atoms with Crippen molar-refractivity contribution in [1.82, 2.24) is 30.4 Å². The molecule has 2 saturated heterocycles. The average Bonchev–Trinajstić information content (AvgIpc) is 4.02. The van der Waals surface area contributed by atoms with Crippen LogP contribution < -0.4 is 20.3 Å². The van der Waals surface area contributed by atoms with Crippen LogP contribution in [0, 0.1) is 24.0 Å². The number of likely N-dealkylation sites (tertiary alicyclic amines) is 1. The van der Waals surface area contributed by atoms with Crippen LogP contribution >= 0.6 is 22.7 Å². The van der Waals surface area contributed by atoms with Crippen molar-refractivity contribution in [3.63, 3.8) is 0 Å². The number of hydrogen-bond donors (Lipinski definition) is 3. The summed E-state index contributed by atoms with van der Waals surface area (Å²) in [7, 11) is 1.55. The molecule has 2 fully saturated rings. The number of aryl methyl sites for hydroxylation is 1. The molecule has 0 radical (unpaired) electrons. The third-order valence-corrected chi connectivity index (χ3v) is 13.0. The molecule has 14 nitrogen and oxygen atoms in total. The number of likely N-dealkylation sites (N-methyl/N-ethyl adjacent to an activating group) is 1. The number of carbonyl (C=O) groups is 4. The third kappa shape index (κ3) is 11.3. The number of morpholine rings is 1. The molecule has 2 aromatic heterocycles. The van der Waals surface area contributed by atoms with E-state index in [4.69, 9.17) is 9.47 Å². The highest BCUT2D eigenvalue weighted by Gasteiger charge is 2.44. The highest BCUT2D eigenvalue weighted by molar-refractivity contribution is 7.14. The Balaban J connectivity index is 0.981. The van der Waals surface area contributed by atoms with Crippen molar-refractivity contribution in [2.24, 2.45) is 5.41 Å². The molecule has 4 atom stereocenters. The first kappa shape index (κ1) is 46.5. The molecular weight excluding hydrogens is 841 g/mol. The second-order valence-corrected chi connectivity index (χ2v) is 18.5. The zero-order valence-electron chi connectivity index (χ0n) is 35.9. The Morgan fingerprint density at radius 1 is 1.05 bits per heavy atom. The lowest BCUT2D eigenvalue weighted by Gasteiger charge is -2.35. The van der Waals surface area contributed by atoms with Gasteiger partial charge in [-0.15, -0.1) is 22.7 Å². The highest BCUT2D eigenvalue weighted by atomic mass is 32.1. The molecule has 18 heteroatoms. The summed E-state index contributed by atoms with van der Waals surface area (Å²) >= 11 is 2.93. The minimum Gasteiger partial charge on any atom is -0.480 e. The molecule has 6 rings (SSSR count). The minimum absolute atomic E-state index is 0.0470. The molecule has 0 bridgehead atoms. The standard InChI is InChI=1S/C44H55F2N7O7S2/c1-26(28-10-12-29(13-11-28)39-27(2)47-25-62-39)48-41(57)34-21-30(54)22-53(34)42(58)40(44(3,4)5)50-35(55)9-7-8-16-51(6)36(56)23-60-38-31(14-15-32(45)37(38)46)33-24-61-43(49-33)52-17-19-59-20-18-52/h10-15,24-26,30,34,40,54H,7-9,16-23H2,1-6H3,(H,48,57)(H,50,55)/t26-,30+,34-,40+/m0/s1. The van der Waals surface area contributed by atoms with E-state index in [1.807, 2.05) is 58.9 Å². The number of aromatic nitrogens is 2. The lowest BCUT2D eigenvalue weighted by atomic mass is 9.85.